The first-order valence-electron chi connectivity index (χ1n) is 9.45. The van der Waals surface area contributed by atoms with Gasteiger partial charge in [-0.25, -0.2) is 4.79 Å². The van der Waals surface area contributed by atoms with Crippen molar-refractivity contribution in [2.45, 2.75) is 58.0 Å². The van der Waals surface area contributed by atoms with Gasteiger partial charge in [0.15, 0.2) is 0 Å². The van der Waals surface area contributed by atoms with Crippen molar-refractivity contribution in [3.05, 3.63) is 0 Å². The normalized spacial score (nSPS) is 25.3. The van der Waals surface area contributed by atoms with Crippen LogP contribution in [0.2, 0.25) is 0 Å². The molecule has 6 heteroatoms. The van der Waals surface area contributed by atoms with Gasteiger partial charge in [-0.1, -0.05) is 19.8 Å². The highest BCUT2D eigenvalue weighted by atomic mass is 16.5. The zero-order chi connectivity index (χ0) is 17.4. The maximum absolute atomic E-state index is 12.2. The molecule has 2 N–H and O–H groups in total. The van der Waals surface area contributed by atoms with Gasteiger partial charge in [0.1, 0.15) is 0 Å². The molecule has 2 atom stereocenters. The highest BCUT2D eigenvalue weighted by molar-refractivity contribution is 5.76. The molecule has 3 amide bonds. The SMILES string of the molecule is CNC(=O)CC1CCN(C(=O)NCCO[C@@H]2CCCC[C@H]2C)CC1. The minimum Gasteiger partial charge on any atom is -0.376 e. The summed E-state index contributed by atoms with van der Waals surface area (Å²) in [6.45, 7) is 4.88. The molecule has 0 aromatic heterocycles. The summed E-state index contributed by atoms with van der Waals surface area (Å²) in [5.74, 6) is 1.12. The molecule has 0 radical (unpaired) electrons. The van der Waals surface area contributed by atoms with Gasteiger partial charge < -0.3 is 20.3 Å². The van der Waals surface area contributed by atoms with E-state index in [0.29, 0.717) is 37.5 Å². The average Bonchev–Trinajstić information content (AvgIpc) is 2.60. The second-order valence-electron chi connectivity index (χ2n) is 7.21. The Morgan fingerprint density at radius 2 is 1.83 bits per heavy atom. The molecular weight excluding hydrogens is 306 g/mol. The first-order chi connectivity index (χ1) is 11.6. The highest BCUT2D eigenvalue weighted by Gasteiger charge is 2.24. The van der Waals surface area contributed by atoms with E-state index in [-0.39, 0.29) is 11.9 Å². The smallest absolute Gasteiger partial charge is 0.317 e. The number of piperidine rings is 1. The third-order valence-electron chi connectivity index (χ3n) is 5.40. The number of nitrogens with zero attached hydrogens (tertiary/aromatic N) is 1. The number of urea groups is 1. The zero-order valence-electron chi connectivity index (χ0n) is 15.2. The van der Waals surface area contributed by atoms with E-state index < -0.39 is 0 Å². The molecule has 1 heterocycles. The second-order valence-corrected chi connectivity index (χ2v) is 7.21. The number of hydrogen-bond donors (Lipinski definition) is 2. The molecule has 1 saturated carbocycles. The number of amides is 3. The van der Waals surface area contributed by atoms with Crippen molar-refractivity contribution in [3.8, 4) is 0 Å². The summed E-state index contributed by atoms with van der Waals surface area (Å²) in [7, 11) is 1.67. The predicted octanol–water partition coefficient (Wildman–Crippen LogP) is 2.14. The van der Waals surface area contributed by atoms with Gasteiger partial charge in [-0.3, -0.25) is 4.79 Å². The van der Waals surface area contributed by atoms with E-state index in [2.05, 4.69) is 17.6 Å². The average molecular weight is 339 g/mol. The van der Waals surface area contributed by atoms with Gasteiger partial charge in [-0.15, -0.1) is 0 Å². The summed E-state index contributed by atoms with van der Waals surface area (Å²) in [5, 5.41) is 5.62. The Morgan fingerprint density at radius 3 is 2.50 bits per heavy atom. The third kappa shape index (κ3) is 5.96. The summed E-state index contributed by atoms with van der Waals surface area (Å²) in [4.78, 5) is 25.4. The number of hydrogen-bond acceptors (Lipinski definition) is 3. The highest BCUT2D eigenvalue weighted by Crippen LogP contribution is 2.26. The molecule has 1 saturated heterocycles. The van der Waals surface area contributed by atoms with Gasteiger partial charge in [0.2, 0.25) is 5.91 Å². The number of rotatable bonds is 6. The van der Waals surface area contributed by atoms with E-state index in [4.69, 9.17) is 4.74 Å². The molecule has 0 unspecified atom stereocenters. The summed E-state index contributed by atoms with van der Waals surface area (Å²) in [6.07, 6.45) is 7.69. The third-order valence-corrected chi connectivity index (χ3v) is 5.40. The first-order valence-corrected chi connectivity index (χ1v) is 9.45. The fraction of sp³-hybridized carbons (Fsp3) is 0.889. The molecule has 2 fully saturated rings. The quantitative estimate of drug-likeness (QED) is 0.728. The fourth-order valence-corrected chi connectivity index (χ4v) is 3.71. The van der Waals surface area contributed by atoms with Crippen LogP contribution >= 0.6 is 0 Å². The molecule has 1 aliphatic heterocycles. The number of likely N-dealkylation sites (tertiary alicyclic amines) is 1. The van der Waals surface area contributed by atoms with Crippen LogP contribution in [0.25, 0.3) is 0 Å². The predicted molar refractivity (Wildman–Crippen MR) is 93.8 cm³/mol. The Balaban J connectivity index is 1.57. The first kappa shape index (κ1) is 19.0. The maximum atomic E-state index is 12.2. The number of carbonyl (C=O) groups excluding carboxylic acids is 2. The van der Waals surface area contributed by atoms with Gasteiger partial charge in [-0.05, 0) is 37.5 Å². The van der Waals surface area contributed by atoms with E-state index >= 15 is 0 Å². The summed E-state index contributed by atoms with van der Waals surface area (Å²) >= 11 is 0. The molecular formula is C18H33N3O3. The van der Waals surface area contributed by atoms with Crippen LogP contribution < -0.4 is 10.6 Å². The van der Waals surface area contributed by atoms with Crippen LogP contribution in [0.5, 0.6) is 0 Å². The Bertz CT molecular complexity index is 408. The van der Waals surface area contributed by atoms with Gasteiger partial charge in [0.05, 0.1) is 12.7 Å². The lowest BCUT2D eigenvalue weighted by Crippen LogP contribution is -2.46. The Morgan fingerprint density at radius 1 is 1.12 bits per heavy atom. The lowest BCUT2D eigenvalue weighted by Gasteiger charge is -2.32. The lowest BCUT2D eigenvalue weighted by molar-refractivity contribution is -0.121. The van der Waals surface area contributed by atoms with E-state index in [0.717, 1.165) is 32.4 Å². The van der Waals surface area contributed by atoms with Crippen LogP contribution in [0.15, 0.2) is 0 Å². The molecule has 6 nitrogen and oxygen atoms in total. The topological polar surface area (TPSA) is 70.7 Å². The minimum absolute atomic E-state index is 0.00585. The Labute approximate surface area is 145 Å². The fourth-order valence-electron chi connectivity index (χ4n) is 3.71. The molecule has 0 aromatic carbocycles. The molecule has 2 rings (SSSR count). The van der Waals surface area contributed by atoms with Crippen LogP contribution in [0.4, 0.5) is 4.79 Å². The Hall–Kier alpha value is -1.30. The van der Waals surface area contributed by atoms with Gasteiger partial charge in [0.25, 0.3) is 0 Å². The van der Waals surface area contributed by atoms with E-state index in [1.807, 2.05) is 4.90 Å². The summed E-state index contributed by atoms with van der Waals surface area (Å²) in [5.41, 5.74) is 0. The standard InChI is InChI=1S/C18H33N3O3/c1-14-5-3-4-6-16(14)24-12-9-20-18(23)21-10-7-15(8-11-21)13-17(22)19-2/h14-16H,3-13H2,1-2H3,(H,19,22)(H,20,23)/t14-,16-/m1/s1. The van der Waals surface area contributed by atoms with Gasteiger partial charge in [0, 0.05) is 33.1 Å². The second kappa shape index (κ2) is 9.87. The van der Waals surface area contributed by atoms with E-state index in [9.17, 15) is 9.59 Å². The molecule has 138 valence electrons. The number of carbonyl (C=O) groups is 2. The maximum Gasteiger partial charge on any atom is 0.317 e. The van der Waals surface area contributed by atoms with Crippen molar-refractivity contribution in [1.82, 2.24) is 15.5 Å². The van der Waals surface area contributed by atoms with Crippen LogP contribution in [-0.4, -0.2) is 56.2 Å². The van der Waals surface area contributed by atoms with Gasteiger partial charge in [-0.2, -0.15) is 0 Å². The van der Waals surface area contributed by atoms with Crippen molar-refractivity contribution in [3.63, 3.8) is 0 Å². The summed E-state index contributed by atoms with van der Waals surface area (Å²) in [6, 6.07) is -0.00585. The van der Waals surface area contributed by atoms with Crippen molar-refractivity contribution < 1.29 is 14.3 Å². The zero-order valence-corrected chi connectivity index (χ0v) is 15.2. The molecule has 24 heavy (non-hydrogen) atoms. The van der Waals surface area contributed by atoms with Gasteiger partial charge >= 0.3 is 6.03 Å². The van der Waals surface area contributed by atoms with E-state index in [1.165, 1.54) is 19.3 Å². The number of nitrogens with one attached hydrogen (secondary N) is 2. The van der Waals surface area contributed by atoms with Crippen molar-refractivity contribution in [2.24, 2.45) is 11.8 Å². The van der Waals surface area contributed by atoms with Crippen LogP contribution in [0.3, 0.4) is 0 Å². The van der Waals surface area contributed by atoms with Crippen LogP contribution in [0.1, 0.15) is 51.9 Å². The Kier molecular flexibility index (Phi) is 7.82. The lowest BCUT2D eigenvalue weighted by atomic mass is 9.88. The van der Waals surface area contributed by atoms with Crippen LogP contribution in [-0.2, 0) is 9.53 Å². The molecule has 1 aliphatic carbocycles. The summed E-state index contributed by atoms with van der Waals surface area (Å²) < 4.78 is 5.93. The minimum atomic E-state index is -0.00585. The monoisotopic (exact) mass is 339 g/mol. The van der Waals surface area contributed by atoms with Crippen molar-refractivity contribution in [2.75, 3.05) is 33.3 Å². The number of ether oxygens (including phenoxy) is 1. The van der Waals surface area contributed by atoms with Crippen molar-refractivity contribution in [1.29, 1.82) is 0 Å². The van der Waals surface area contributed by atoms with Crippen molar-refractivity contribution >= 4 is 11.9 Å². The largest absolute Gasteiger partial charge is 0.376 e. The van der Waals surface area contributed by atoms with Crippen LogP contribution in [0, 0.1) is 11.8 Å². The van der Waals surface area contributed by atoms with E-state index in [1.54, 1.807) is 7.05 Å². The molecule has 0 bridgehead atoms. The molecule has 2 aliphatic rings. The molecule has 0 aromatic rings. The molecule has 0 spiro atoms.